The fourth-order valence-corrected chi connectivity index (χ4v) is 5.40. The molecule has 0 aromatic carbocycles. The lowest BCUT2D eigenvalue weighted by molar-refractivity contribution is -0.155. The van der Waals surface area contributed by atoms with Gasteiger partial charge in [0.15, 0.2) is 0 Å². The van der Waals surface area contributed by atoms with Crippen molar-refractivity contribution >= 4 is 11.9 Å². The molecular weight excluding hydrogens is 460 g/mol. The summed E-state index contributed by atoms with van der Waals surface area (Å²) in [5, 5.41) is 0. The maximum absolute atomic E-state index is 12.4. The highest BCUT2D eigenvalue weighted by molar-refractivity contribution is 5.75. The minimum absolute atomic E-state index is 0.0320. The van der Waals surface area contributed by atoms with Crippen molar-refractivity contribution in [3.05, 3.63) is 0 Å². The van der Waals surface area contributed by atoms with Crippen LogP contribution in [0.2, 0.25) is 0 Å². The molecule has 0 atom stereocenters. The van der Waals surface area contributed by atoms with Crippen LogP contribution in [-0.2, 0) is 19.1 Å². The molecule has 1 aliphatic carbocycles. The molecular formula is C33H62O4. The Labute approximate surface area is 230 Å². The van der Waals surface area contributed by atoms with Gasteiger partial charge in [-0.25, -0.2) is 0 Å². The lowest BCUT2D eigenvalue weighted by Gasteiger charge is -2.26. The molecule has 0 radical (unpaired) electrons. The van der Waals surface area contributed by atoms with Crippen LogP contribution in [0, 0.1) is 23.7 Å². The van der Waals surface area contributed by atoms with E-state index in [1.165, 1.54) is 83.5 Å². The fourth-order valence-electron chi connectivity index (χ4n) is 5.40. The monoisotopic (exact) mass is 522 g/mol. The summed E-state index contributed by atoms with van der Waals surface area (Å²) < 4.78 is 11.1. The zero-order chi connectivity index (χ0) is 27.1. The van der Waals surface area contributed by atoms with Gasteiger partial charge in [0.2, 0.25) is 0 Å². The van der Waals surface area contributed by atoms with Gasteiger partial charge in [-0.3, -0.25) is 9.59 Å². The van der Waals surface area contributed by atoms with Crippen LogP contribution in [0.4, 0.5) is 0 Å². The topological polar surface area (TPSA) is 52.6 Å². The third kappa shape index (κ3) is 19.6. The Morgan fingerprint density at radius 3 is 1.05 bits per heavy atom. The van der Waals surface area contributed by atoms with Crippen LogP contribution in [0.3, 0.4) is 0 Å². The third-order valence-corrected chi connectivity index (χ3v) is 7.98. The molecule has 1 saturated carbocycles. The van der Waals surface area contributed by atoms with Crippen molar-refractivity contribution in [2.45, 2.75) is 163 Å². The molecule has 0 saturated heterocycles. The van der Waals surface area contributed by atoms with Gasteiger partial charge >= 0.3 is 11.9 Å². The predicted octanol–water partition coefficient (Wildman–Crippen LogP) is 9.82. The second-order valence-electron chi connectivity index (χ2n) is 12.6. The summed E-state index contributed by atoms with van der Waals surface area (Å²) in [7, 11) is 0. The molecule has 0 aromatic heterocycles. The first kappa shape index (κ1) is 34.0. The predicted molar refractivity (Wildman–Crippen MR) is 156 cm³/mol. The lowest BCUT2D eigenvalue weighted by Crippen LogP contribution is -2.28. The first-order chi connectivity index (χ1) is 17.9. The normalized spacial score (nSPS) is 17.9. The highest BCUT2D eigenvalue weighted by Crippen LogP contribution is 2.30. The number of hydrogen-bond acceptors (Lipinski definition) is 4. The van der Waals surface area contributed by atoms with Gasteiger partial charge in [0.1, 0.15) is 0 Å². The Kier molecular flexibility index (Phi) is 21.0. The molecule has 0 unspecified atom stereocenters. The first-order valence-corrected chi connectivity index (χ1v) is 16.2. The van der Waals surface area contributed by atoms with Crippen molar-refractivity contribution in [2.24, 2.45) is 23.7 Å². The summed E-state index contributed by atoms with van der Waals surface area (Å²) in [6.07, 6.45) is 24.5. The van der Waals surface area contributed by atoms with Crippen molar-refractivity contribution in [3.63, 3.8) is 0 Å². The number of carbonyl (C=O) groups excluding carboxylic acids is 2. The first-order valence-electron chi connectivity index (χ1n) is 16.2. The highest BCUT2D eigenvalue weighted by Gasteiger charge is 2.31. The lowest BCUT2D eigenvalue weighted by atomic mass is 9.82. The molecule has 1 rings (SSSR count). The van der Waals surface area contributed by atoms with E-state index < -0.39 is 0 Å². The molecule has 4 nitrogen and oxygen atoms in total. The van der Waals surface area contributed by atoms with E-state index in [1.54, 1.807) is 0 Å². The number of carbonyl (C=O) groups is 2. The maximum atomic E-state index is 12.4. The molecule has 0 amide bonds. The highest BCUT2D eigenvalue weighted by atomic mass is 16.5. The molecule has 1 aliphatic rings. The van der Waals surface area contributed by atoms with Gasteiger partial charge in [-0.1, -0.05) is 124 Å². The summed E-state index contributed by atoms with van der Waals surface area (Å²) in [6, 6.07) is 0. The van der Waals surface area contributed by atoms with Gasteiger partial charge in [0.25, 0.3) is 0 Å². The van der Waals surface area contributed by atoms with E-state index in [-0.39, 0.29) is 23.8 Å². The van der Waals surface area contributed by atoms with Crippen LogP contribution >= 0.6 is 0 Å². The standard InChI is InChI=1S/C33H62O4/c1-28(2)20-16-12-8-5-6-10-14-18-26-36-32(34)30-22-24-31(25-23-30)33(35)37-27-19-15-11-7-9-13-17-21-29(3)4/h28-31H,5-27H2,1-4H3. The number of unbranched alkanes of at least 4 members (excludes halogenated alkanes) is 13. The van der Waals surface area contributed by atoms with Crippen molar-refractivity contribution in [1.29, 1.82) is 0 Å². The largest absolute Gasteiger partial charge is 0.465 e. The summed E-state index contributed by atoms with van der Waals surface area (Å²) in [4.78, 5) is 24.8. The molecule has 0 N–H and O–H groups in total. The van der Waals surface area contributed by atoms with Gasteiger partial charge in [-0.2, -0.15) is 0 Å². The van der Waals surface area contributed by atoms with Crippen molar-refractivity contribution in [1.82, 2.24) is 0 Å². The quantitative estimate of drug-likeness (QED) is 0.0989. The van der Waals surface area contributed by atoms with E-state index in [0.717, 1.165) is 63.2 Å². The average molecular weight is 523 g/mol. The van der Waals surface area contributed by atoms with E-state index >= 15 is 0 Å². The Hall–Kier alpha value is -1.06. The smallest absolute Gasteiger partial charge is 0.308 e. The van der Waals surface area contributed by atoms with Crippen LogP contribution in [0.1, 0.15) is 163 Å². The molecule has 0 aromatic rings. The summed E-state index contributed by atoms with van der Waals surface area (Å²) in [6.45, 7) is 10.3. The van der Waals surface area contributed by atoms with Gasteiger partial charge in [-0.05, 0) is 50.4 Å². The van der Waals surface area contributed by atoms with E-state index in [2.05, 4.69) is 27.7 Å². The minimum Gasteiger partial charge on any atom is -0.465 e. The van der Waals surface area contributed by atoms with Crippen molar-refractivity contribution in [2.75, 3.05) is 13.2 Å². The Morgan fingerprint density at radius 2 is 0.757 bits per heavy atom. The molecule has 0 spiro atoms. The van der Waals surface area contributed by atoms with Gasteiger partial charge in [0.05, 0.1) is 25.0 Å². The molecule has 218 valence electrons. The van der Waals surface area contributed by atoms with Gasteiger partial charge in [-0.15, -0.1) is 0 Å². The number of esters is 2. The number of rotatable bonds is 23. The molecule has 0 bridgehead atoms. The van der Waals surface area contributed by atoms with E-state index in [4.69, 9.17) is 9.47 Å². The summed E-state index contributed by atoms with van der Waals surface area (Å²) >= 11 is 0. The Bertz CT molecular complexity index is 549. The van der Waals surface area contributed by atoms with Crippen LogP contribution in [-0.4, -0.2) is 25.2 Å². The second kappa shape index (κ2) is 22.9. The van der Waals surface area contributed by atoms with Crippen molar-refractivity contribution in [3.8, 4) is 0 Å². The third-order valence-electron chi connectivity index (χ3n) is 7.98. The van der Waals surface area contributed by atoms with Crippen LogP contribution in [0.15, 0.2) is 0 Å². The van der Waals surface area contributed by atoms with Gasteiger partial charge in [0, 0.05) is 0 Å². The minimum atomic E-state index is -0.0552. The van der Waals surface area contributed by atoms with Crippen LogP contribution in [0.5, 0.6) is 0 Å². The second-order valence-corrected chi connectivity index (χ2v) is 12.6. The molecule has 37 heavy (non-hydrogen) atoms. The van der Waals surface area contributed by atoms with Crippen LogP contribution in [0.25, 0.3) is 0 Å². The molecule has 1 fully saturated rings. The number of ether oxygens (including phenoxy) is 2. The van der Waals surface area contributed by atoms with Gasteiger partial charge < -0.3 is 9.47 Å². The molecule has 4 heteroatoms. The van der Waals surface area contributed by atoms with Crippen LogP contribution < -0.4 is 0 Å². The fraction of sp³-hybridized carbons (Fsp3) is 0.939. The Balaban J connectivity index is 1.93. The average Bonchev–Trinajstić information content (AvgIpc) is 2.87. The maximum Gasteiger partial charge on any atom is 0.308 e. The van der Waals surface area contributed by atoms with Crippen molar-refractivity contribution < 1.29 is 19.1 Å². The van der Waals surface area contributed by atoms with E-state index in [0.29, 0.717) is 13.2 Å². The van der Waals surface area contributed by atoms with E-state index in [1.807, 2.05) is 0 Å². The van der Waals surface area contributed by atoms with E-state index in [9.17, 15) is 9.59 Å². The Morgan fingerprint density at radius 1 is 0.486 bits per heavy atom. The SMILES string of the molecule is CC(C)CCCCCCCCCCOC(=O)C1CCC(C(=O)OCCCCCCCCCC(C)C)CC1. The zero-order valence-corrected chi connectivity index (χ0v) is 25.2. The molecule has 0 heterocycles. The summed E-state index contributed by atoms with van der Waals surface area (Å²) in [5.41, 5.74) is 0. The summed E-state index contributed by atoms with van der Waals surface area (Å²) in [5.74, 6) is 1.48. The molecule has 0 aliphatic heterocycles. The zero-order valence-electron chi connectivity index (χ0n) is 25.2. The number of hydrogen-bond donors (Lipinski definition) is 0.